The van der Waals surface area contributed by atoms with Crippen molar-refractivity contribution in [1.29, 1.82) is 0 Å². The molecule has 0 aliphatic rings. The lowest BCUT2D eigenvalue weighted by Gasteiger charge is -2.08. The van der Waals surface area contributed by atoms with E-state index in [1.54, 1.807) is 0 Å². The van der Waals surface area contributed by atoms with Gasteiger partial charge in [-0.2, -0.15) is 0 Å². The first-order chi connectivity index (χ1) is 10.9. The van der Waals surface area contributed by atoms with Gasteiger partial charge in [-0.15, -0.1) is 0 Å². The van der Waals surface area contributed by atoms with Crippen LogP contribution in [0.15, 0.2) is 36.5 Å². The predicted octanol–water partition coefficient (Wildman–Crippen LogP) is 3.69. The highest BCUT2D eigenvalue weighted by Crippen LogP contribution is 2.22. The van der Waals surface area contributed by atoms with E-state index in [2.05, 4.69) is 9.71 Å². The summed E-state index contributed by atoms with van der Waals surface area (Å²) in [5, 5.41) is 0. The summed E-state index contributed by atoms with van der Waals surface area (Å²) < 4.78 is 57.1. The van der Waals surface area contributed by atoms with Crippen LogP contribution in [0.4, 0.5) is 14.5 Å². The Balaban J connectivity index is 2.03. The topological polar surface area (TPSA) is 68.3 Å². The van der Waals surface area contributed by atoms with Gasteiger partial charge in [-0.1, -0.05) is 13.3 Å². The molecule has 0 saturated heterocycles. The van der Waals surface area contributed by atoms with Crippen molar-refractivity contribution in [2.75, 3.05) is 10.5 Å². The summed E-state index contributed by atoms with van der Waals surface area (Å²) in [4.78, 5) is 3.93. The Bertz CT molecular complexity index is 765. The Morgan fingerprint density at radius 2 is 1.96 bits per heavy atom. The normalized spacial score (nSPS) is 11.3. The molecule has 0 aliphatic carbocycles. The number of pyridine rings is 1. The van der Waals surface area contributed by atoms with E-state index < -0.39 is 21.7 Å². The molecule has 0 radical (unpaired) electrons. The lowest BCUT2D eigenvalue weighted by molar-refractivity contribution is 0.448. The maximum atomic E-state index is 13.1. The number of hydrogen-bond acceptors (Lipinski definition) is 4. The molecule has 1 heterocycles. The highest BCUT2D eigenvalue weighted by Gasteiger charge is 2.10. The molecule has 1 N–H and O–H groups in total. The average molecular weight is 342 g/mol. The largest absolute Gasteiger partial charge is 0.439 e. The van der Waals surface area contributed by atoms with Crippen molar-refractivity contribution >= 4 is 15.7 Å². The summed E-state index contributed by atoms with van der Waals surface area (Å²) in [6, 6.07) is 6.02. The summed E-state index contributed by atoms with van der Waals surface area (Å²) >= 11 is 0. The van der Waals surface area contributed by atoms with Crippen LogP contribution in [0.25, 0.3) is 0 Å². The van der Waals surface area contributed by atoms with E-state index in [1.807, 2.05) is 6.92 Å². The van der Waals surface area contributed by atoms with Crippen LogP contribution in [0.5, 0.6) is 11.6 Å². The van der Waals surface area contributed by atoms with E-state index in [9.17, 15) is 17.2 Å². The number of benzene rings is 1. The molecule has 2 rings (SSSR count). The van der Waals surface area contributed by atoms with Gasteiger partial charge in [-0.05, 0) is 24.6 Å². The third-order valence-electron chi connectivity index (χ3n) is 2.89. The zero-order valence-corrected chi connectivity index (χ0v) is 13.2. The molecule has 2 aromatic rings. The van der Waals surface area contributed by atoms with Crippen molar-refractivity contribution < 1.29 is 21.9 Å². The number of nitrogens with zero attached hydrogens (tertiary/aromatic N) is 1. The molecule has 0 atom stereocenters. The number of halogens is 2. The van der Waals surface area contributed by atoms with Gasteiger partial charge in [0.1, 0.15) is 5.75 Å². The molecule has 0 amide bonds. The number of rotatable bonds is 7. The number of ether oxygens (including phenoxy) is 1. The van der Waals surface area contributed by atoms with Crippen molar-refractivity contribution in [2.24, 2.45) is 0 Å². The van der Waals surface area contributed by atoms with Crippen molar-refractivity contribution in [3.8, 4) is 11.6 Å². The van der Waals surface area contributed by atoms with E-state index in [-0.39, 0.29) is 17.4 Å². The van der Waals surface area contributed by atoms with Gasteiger partial charge >= 0.3 is 0 Å². The quantitative estimate of drug-likeness (QED) is 0.833. The Kier molecular flexibility index (Phi) is 5.49. The van der Waals surface area contributed by atoms with Gasteiger partial charge in [-0.3, -0.25) is 4.72 Å². The van der Waals surface area contributed by atoms with E-state index in [0.29, 0.717) is 12.1 Å². The van der Waals surface area contributed by atoms with Gasteiger partial charge in [0.25, 0.3) is 0 Å². The third kappa shape index (κ3) is 5.17. The van der Waals surface area contributed by atoms with Crippen molar-refractivity contribution in [3.63, 3.8) is 0 Å². The third-order valence-corrected chi connectivity index (χ3v) is 4.26. The summed E-state index contributed by atoms with van der Waals surface area (Å²) in [5.41, 5.74) is 0.304. The van der Waals surface area contributed by atoms with E-state index in [4.69, 9.17) is 4.74 Å². The predicted molar refractivity (Wildman–Crippen MR) is 83.0 cm³/mol. The van der Waals surface area contributed by atoms with Gasteiger partial charge in [0.2, 0.25) is 15.9 Å². The molecule has 124 valence electrons. The van der Waals surface area contributed by atoms with Gasteiger partial charge in [0.05, 0.1) is 17.6 Å². The minimum absolute atomic E-state index is 0.0383. The van der Waals surface area contributed by atoms with Crippen LogP contribution < -0.4 is 9.46 Å². The summed E-state index contributed by atoms with van der Waals surface area (Å²) in [6.45, 7) is 1.90. The highest BCUT2D eigenvalue weighted by atomic mass is 32.2. The fraction of sp³-hybridized carbons (Fsp3) is 0.267. The molecule has 0 saturated carbocycles. The number of nitrogens with one attached hydrogen (secondary N) is 1. The standard InChI is InChI=1S/C15H16F2N2O3S/c1-2-3-8-23(20,21)19-11-4-7-15(18-10-11)22-12-5-6-13(16)14(17)9-12/h4-7,9-10,19H,2-3,8H2,1H3. The monoisotopic (exact) mass is 342 g/mol. The van der Waals surface area contributed by atoms with Crippen LogP contribution in [0.1, 0.15) is 19.8 Å². The smallest absolute Gasteiger partial charge is 0.232 e. The van der Waals surface area contributed by atoms with Crippen LogP contribution >= 0.6 is 0 Å². The molecule has 0 fully saturated rings. The van der Waals surface area contributed by atoms with E-state index >= 15 is 0 Å². The van der Waals surface area contributed by atoms with Crippen molar-refractivity contribution in [3.05, 3.63) is 48.2 Å². The molecular formula is C15H16F2N2O3S. The molecule has 0 unspecified atom stereocenters. The van der Waals surface area contributed by atoms with E-state index in [1.165, 1.54) is 24.4 Å². The summed E-state index contributed by atoms with van der Waals surface area (Å²) in [7, 11) is -3.40. The second-order valence-corrected chi connectivity index (χ2v) is 6.68. The first-order valence-corrected chi connectivity index (χ1v) is 8.64. The molecule has 0 bridgehead atoms. The molecule has 0 spiro atoms. The maximum Gasteiger partial charge on any atom is 0.232 e. The number of unbranched alkanes of at least 4 members (excludes halogenated alkanes) is 1. The highest BCUT2D eigenvalue weighted by molar-refractivity contribution is 7.92. The van der Waals surface area contributed by atoms with Crippen LogP contribution in [-0.4, -0.2) is 19.2 Å². The van der Waals surface area contributed by atoms with Crippen LogP contribution in [-0.2, 0) is 10.0 Å². The second kappa shape index (κ2) is 7.36. The SMILES string of the molecule is CCCCS(=O)(=O)Nc1ccc(Oc2ccc(F)c(F)c2)nc1. The van der Waals surface area contributed by atoms with Gasteiger partial charge in [0.15, 0.2) is 11.6 Å². The Hall–Kier alpha value is -2.22. The van der Waals surface area contributed by atoms with Crippen LogP contribution in [0, 0.1) is 11.6 Å². The molecule has 0 aliphatic heterocycles. The lowest BCUT2D eigenvalue weighted by Crippen LogP contribution is -2.16. The lowest BCUT2D eigenvalue weighted by atomic mass is 10.3. The number of sulfonamides is 1. The summed E-state index contributed by atoms with van der Waals surface area (Å²) in [5.74, 6) is -1.73. The maximum absolute atomic E-state index is 13.1. The van der Waals surface area contributed by atoms with Crippen LogP contribution in [0.3, 0.4) is 0 Å². The minimum atomic E-state index is -3.40. The Morgan fingerprint density at radius 1 is 1.17 bits per heavy atom. The average Bonchev–Trinajstić information content (AvgIpc) is 2.51. The number of hydrogen-bond donors (Lipinski definition) is 1. The molecule has 5 nitrogen and oxygen atoms in total. The molecule has 23 heavy (non-hydrogen) atoms. The second-order valence-electron chi connectivity index (χ2n) is 4.84. The van der Waals surface area contributed by atoms with Gasteiger partial charge in [-0.25, -0.2) is 22.2 Å². The summed E-state index contributed by atoms with van der Waals surface area (Å²) in [6.07, 6.45) is 2.64. The van der Waals surface area contributed by atoms with Crippen LogP contribution in [0.2, 0.25) is 0 Å². The zero-order valence-electron chi connectivity index (χ0n) is 12.4. The first kappa shape index (κ1) is 17.1. The van der Waals surface area contributed by atoms with Gasteiger partial charge in [0, 0.05) is 12.1 Å². The zero-order chi connectivity index (χ0) is 16.9. The Morgan fingerprint density at radius 3 is 2.57 bits per heavy atom. The van der Waals surface area contributed by atoms with E-state index in [0.717, 1.165) is 18.6 Å². The number of aromatic nitrogens is 1. The minimum Gasteiger partial charge on any atom is -0.439 e. The molecule has 1 aromatic carbocycles. The van der Waals surface area contributed by atoms with Crippen molar-refractivity contribution in [1.82, 2.24) is 4.98 Å². The number of anilines is 1. The molecular weight excluding hydrogens is 326 g/mol. The fourth-order valence-electron chi connectivity index (χ4n) is 1.73. The van der Waals surface area contributed by atoms with Gasteiger partial charge < -0.3 is 4.74 Å². The molecule has 8 heteroatoms. The van der Waals surface area contributed by atoms with Crippen molar-refractivity contribution in [2.45, 2.75) is 19.8 Å². The fourth-order valence-corrected chi connectivity index (χ4v) is 2.98. The first-order valence-electron chi connectivity index (χ1n) is 6.99. The molecule has 1 aromatic heterocycles. The Labute approximate surface area is 133 Å².